The molecule has 172 valence electrons. The number of amides is 2. The summed E-state index contributed by atoms with van der Waals surface area (Å²) in [6.07, 6.45) is 0.752. The van der Waals surface area contributed by atoms with Gasteiger partial charge in [0.1, 0.15) is 0 Å². The van der Waals surface area contributed by atoms with Crippen molar-refractivity contribution in [2.75, 3.05) is 19.4 Å². The van der Waals surface area contributed by atoms with Gasteiger partial charge in [0.05, 0.1) is 22.5 Å². The smallest absolute Gasteiger partial charge is 0.264 e. The minimum atomic E-state index is -3.84. The zero-order valence-corrected chi connectivity index (χ0v) is 19.2. The Morgan fingerprint density at radius 2 is 2.16 bits per heavy atom. The number of fused-ring (bicyclic) bond motifs is 1. The molecular formula is C21H24N2O7S2. The molecule has 2 heterocycles. The van der Waals surface area contributed by atoms with Crippen LogP contribution in [-0.2, 0) is 21.2 Å². The molecule has 32 heavy (non-hydrogen) atoms. The molecule has 2 amide bonds. The lowest BCUT2D eigenvalue weighted by Gasteiger charge is -2.27. The molecule has 4 atom stereocenters. The van der Waals surface area contributed by atoms with Gasteiger partial charge in [-0.25, -0.2) is 13.9 Å². The van der Waals surface area contributed by atoms with E-state index in [9.17, 15) is 23.1 Å². The van der Waals surface area contributed by atoms with Crippen molar-refractivity contribution in [2.45, 2.75) is 37.2 Å². The van der Waals surface area contributed by atoms with Crippen molar-refractivity contribution in [2.24, 2.45) is 11.8 Å². The van der Waals surface area contributed by atoms with Crippen LogP contribution in [0.5, 0.6) is 0 Å². The van der Waals surface area contributed by atoms with Gasteiger partial charge in [-0.2, -0.15) is 0 Å². The summed E-state index contributed by atoms with van der Waals surface area (Å²) in [5, 5.41) is 27.3. The first kappa shape index (κ1) is 24.2. The summed E-state index contributed by atoms with van der Waals surface area (Å²) in [6, 6.07) is 1.79. The minimum absolute atomic E-state index is 0.00329. The van der Waals surface area contributed by atoms with E-state index in [4.69, 9.17) is 10.3 Å². The largest absolute Gasteiger partial charge is 0.394 e. The summed E-state index contributed by atoms with van der Waals surface area (Å²) in [6.45, 7) is 1.25. The number of hydroxylamine groups is 1. The maximum absolute atomic E-state index is 12.7. The highest BCUT2D eigenvalue weighted by Crippen LogP contribution is 2.40. The summed E-state index contributed by atoms with van der Waals surface area (Å²) in [7, 11) is -3.84. The van der Waals surface area contributed by atoms with E-state index in [0.29, 0.717) is 9.75 Å². The standard InChI is InChI=1S/C21H24N2O7S2/c1-21(20(27)22-28,32(2,29)30)7-8-23-11-14-9-15(31-18(14)19(23)26)6-4-3-5-13-10-16(13)17(25)12-24/h9,13,16-17,24-25,28H,7-8,10-12H2,1-2H3,(H,22,27)/t13-,16-,17?,21+/m0/s1. The maximum Gasteiger partial charge on any atom is 0.264 e. The molecule has 9 nitrogen and oxygen atoms in total. The Labute approximate surface area is 190 Å². The quantitative estimate of drug-likeness (QED) is 0.239. The number of nitrogens with one attached hydrogen (secondary N) is 1. The maximum atomic E-state index is 12.7. The van der Waals surface area contributed by atoms with Crippen LogP contribution in [0.2, 0.25) is 0 Å². The Morgan fingerprint density at radius 1 is 1.44 bits per heavy atom. The Morgan fingerprint density at radius 3 is 2.75 bits per heavy atom. The highest BCUT2D eigenvalue weighted by Gasteiger charge is 2.44. The summed E-state index contributed by atoms with van der Waals surface area (Å²) in [5.41, 5.74) is 2.17. The number of thiophene rings is 1. The molecule has 1 fully saturated rings. The van der Waals surface area contributed by atoms with Gasteiger partial charge in [0.25, 0.3) is 11.8 Å². The number of nitrogens with zero attached hydrogens (tertiary/aromatic N) is 1. The molecule has 0 radical (unpaired) electrons. The number of sulfone groups is 1. The van der Waals surface area contributed by atoms with Crippen molar-refractivity contribution in [3.05, 3.63) is 21.4 Å². The molecule has 1 aliphatic heterocycles. The lowest BCUT2D eigenvalue weighted by molar-refractivity contribution is -0.131. The zero-order valence-electron chi connectivity index (χ0n) is 17.6. The molecule has 1 unspecified atom stereocenters. The van der Waals surface area contributed by atoms with E-state index in [-0.39, 0.29) is 43.9 Å². The average molecular weight is 481 g/mol. The summed E-state index contributed by atoms with van der Waals surface area (Å²) in [4.78, 5) is 27.3. The van der Waals surface area contributed by atoms with Crippen LogP contribution in [0.4, 0.5) is 0 Å². The zero-order chi connectivity index (χ0) is 23.7. The van der Waals surface area contributed by atoms with Crippen molar-refractivity contribution >= 4 is 33.0 Å². The molecular weight excluding hydrogens is 456 g/mol. The molecule has 1 aliphatic carbocycles. The third-order valence-corrected chi connectivity index (χ3v) is 9.04. The SMILES string of the molecule is C[C@@](CCN1Cc2cc(C#CC#C[C@H]3C[C@@H]3C(O)CO)sc2C1=O)(C(=O)NO)S(C)(=O)=O. The number of aliphatic hydroxyl groups is 2. The van der Waals surface area contributed by atoms with E-state index in [1.165, 1.54) is 28.6 Å². The first-order valence-corrected chi connectivity index (χ1v) is 12.6. The first-order valence-electron chi connectivity index (χ1n) is 9.88. The summed E-state index contributed by atoms with van der Waals surface area (Å²) in [5.74, 6) is 10.1. The lowest BCUT2D eigenvalue weighted by atomic mass is 10.1. The van der Waals surface area contributed by atoms with E-state index in [1.807, 2.05) is 0 Å². The van der Waals surface area contributed by atoms with Gasteiger partial charge in [0.15, 0.2) is 14.6 Å². The molecule has 4 N–H and O–H groups in total. The van der Waals surface area contributed by atoms with Gasteiger partial charge in [-0.05, 0) is 49.2 Å². The first-order chi connectivity index (χ1) is 15.0. The van der Waals surface area contributed by atoms with Crippen LogP contribution in [0.25, 0.3) is 0 Å². The fourth-order valence-corrected chi connectivity index (χ4v) is 5.33. The molecule has 2 aliphatic rings. The lowest BCUT2D eigenvalue weighted by Crippen LogP contribution is -2.50. The van der Waals surface area contributed by atoms with Crippen LogP contribution in [0.3, 0.4) is 0 Å². The topological polar surface area (TPSA) is 144 Å². The molecule has 0 saturated heterocycles. The fourth-order valence-electron chi connectivity index (χ4n) is 3.49. The second-order valence-corrected chi connectivity index (χ2v) is 11.7. The Balaban J connectivity index is 1.61. The number of hydrogen-bond donors (Lipinski definition) is 4. The Hall–Kier alpha value is -2.41. The van der Waals surface area contributed by atoms with Crippen LogP contribution >= 0.6 is 11.3 Å². The molecule has 0 aromatic carbocycles. The third-order valence-electron chi connectivity index (χ3n) is 5.94. The number of carbonyl (C=O) groups is 2. The molecule has 1 aromatic heterocycles. The van der Waals surface area contributed by atoms with E-state index in [0.717, 1.165) is 18.2 Å². The van der Waals surface area contributed by atoms with E-state index in [1.54, 1.807) is 6.07 Å². The number of rotatable bonds is 7. The van der Waals surface area contributed by atoms with Crippen LogP contribution in [0, 0.1) is 35.5 Å². The highest BCUT2D eigenvalue weighted by molar-refractivity contribution is 7.92. The normalized spacial score (nSPS) is 22.0. The number of hydrogen-bond acceptors (Lipinski definition) is 8. The highest BCUT2D eigenvalue weighted by atomic mass is 32.2. The van der Waals surface area contributed by atoms with E-state index < -0.39 is 26.6 Å². The third kappa shape index (κ3) is 4.82. The Bertz CT molecular complexity index is 1150. The van der Waals surface area contributed by atoms with Crippen LogP contribution in [0.15, 0.2) is 6.07 Å². The second kappa shape index (κ2) is 9.22. The van der Waals surface area contributed by atoms with Gasteiger partial charge < -0.3 is 15.1 Å². The molecule has 11 heteroatoms. The average Bonchev–Trinajstić information content (AvgIpc) is 3.32. The van der Waals surface area contributed by atoms with Gasteiger partial charge in [0, 0.05) is 31.2 Å². The predicted octanol–water partition coefficient (Wildman–Crippen LogP) is -0.253. The second-order valence-electron chi connectivity index (χ2n) is 8.16. The van der Waals surface area contributed by atoms with Crippen LogP contribution in [-0.4, -0.2) is 70.8 Å². The molecule has 0 bridgehead atoms. The van der Waals surface area contributed by atoms with Crippen molar-refractivity contribution in [1.29, 1.82) is 0 Å². The van der Waals surface area contributed by atoms with E-state index in [2.05, 4.69) is 23.7 Å². The van der Waals surface area contributed by atoms with Crippen LogP contribution in [0.1, 0.15) is 39.9 Å². The predicted molar refractivity (Wildman–Crippen MR) is 116 cm³/mol. The van der Waals surface area contributed by atoms with E-state index >= 15 is 0 Å². The summed E-state index contributed by atoms with van der Waals surface area (Å²) < 4.78 is 22.3. The minimum Gasteiger partial charge on any atom is -0.394 e. The Kier molecular flexibility index (Phi) is 6.98. The van der Waals surface area contributed by atoms with Crippen molar-refractivity contribution in [1.82, 2.24) is 10.4 Å². The van der Waals surface area contributed by atoms with Gasteiger partial charge >= 0.3 is 0 Å². The van der Waals surface area contributed by atoms with Gasteiger partial charge in [-0.15, -0.1) is 11.3 Å². The van der Waals surface area contributed by atoms with Gasteiger partial charge in [-0.3, -0.25) is 14.8 Å². The monoisotopic (exact) mass is 480 g/mol. The van der Waals surface area contributed by atoms with Crippen molar-refractivity contribution in [3.63, 3.8) is 0 Å². The molecule has 3 rings (SSSR count). The molecule has 1 aromatic rings. The van der Waals surface area contributed by atoms with Crippen LogP contribution < -0.4 is 5.48 Å². The fraction of sp³-hybridized carbons (Fsp3) is 0.524. The van der Waals surface area contributed by atoms with Gasteiger partial charge in [-0.1, -0.05) is 5.92 Å². The van der Waals surface area contributed by atoms with Crippen molar-refractivity contribution < 1.29 is 33.4 Å². The number of aliphatic hydroxyl groups excluding tert-OH is 2. The molecule has 1 saturated carbocycles. The number of carbonyl (C=O) groups excluding carboxylic acids is 2. The van der Waals surface area contributed by atoms with Gasteiger partial charge in [0.2, 0.25) is 0 Å². The summed E-state index contributed by atoms with van der Waals surface area (Å²) >= 11 is 1.22. The van der Waals surface area contributed by atoms with Crippen molar-refractivity contribution in [3.8, 4) is 23.7 Å². The molecule has 0 spiro atoms.